The molecule has 44 heavy (non-hydrogen) atoms. The fourth-order valence-electron chi connectivity index (χ4n) is 4.79. The van der Waals surface area contributed by atoms with E-state index in [0.29, 0.717) is 59.3 Å². The van der Waals surface area contributed by atoms with E-state index in [0.717, 1.165) is 14.7 Å². The smallest absolute Gasteiger partial charge is 0.338 e. The second-order valence-electron chi connectivity index (χ2n) is 9.63. The van der Waals surface area contributed by atoms with Gasteiger partial charge in [0, 0.05) is 26.2 Å². The molecule has 0 radical (unpaired) electrons. The highest BCUT2D eigenvalue weighted by molar-refractivity contribution is 14.1. The van der Waals surface area contributed by atoms with Crippen LogP contribution in [0.3, 0.4) is 0 Å². The number of carbonyl (C=O) groups is 1. The van der Waals surface area contributed by atoms with Crippen LogP contribution in [0.5, 0.6) is 11.5 Å². The van der Waals surface area contributed by atoms with E-state index in [4.69, 9.17) is 49.0 Å². The SMILES string of the molecule is CCOC(=O)C1=C(C)N=c2s/c(=C\c3cc(Cl)cc(I)c3OCc3ccc(Cl)cc3Cl)c(=O)n2[C@@H]1c1ccc(OCC)cc1. The molecule has 0 saturated carbocycles. The van der Waals surface area contributed by atoms with Gasteiger partial charge < -0.3 is 14.2 Å². The van der Waals surface area contributed by atoms with Gasteiger partial charge in [-0.2, -0.15) is 0 Å². The zero-order valence-electron chi connectivity index (χ0n) is 23.8. The van der Waals surface area contributed by atoms with Gasteiger partial charge in [-0.15, -0.1) is 0 Å². The maximum atomic E-state index is 14.1. The summed E-state index contributed by atoms with van der Waals surface area (Å²) in [5.74, 6) is 0.700. The number of allylic oxidation sites excluding steroid dienone is 1. The Morgan fingerprint density at radius 1 is 1.02 bits per heavy atom. The summed E-state index contributed by atoms with van der Waals surface area (Å²) in [5.41, 5.74) is 2.55. The largest absolute Gasteiger partial charge is 0.494 e. The van der Waals surface area contributed by atoms with Crippen molar-refractivity contribution in [1.29, 1.82) is 0 Å². The van der Waals surface area contributed by atoms with Gasteiger partial charge >= 0.3 is 5.97 Å². The Bertz CT molecular complexity index is 1950. The number of ether oxygens (including phenoxy) is 3. The van der Waals surface area contributed by atoms with E-state index in [-0.39, 0.29) is 18.8 Å². The predicted octanol–water partition coefficient (Wildman–Crippen LogP) is 7.34. The topological polar surface area (TPSA) is 79.1 Å². The molecular formula is C32H26Cl3IN2O5S. The molecule has 228 valence electrons. The lowest BCUT2D eigenvalue weighted by molar-refractivity contribution is -0.139. The molecule has 4 aromatic rings. The van der Waals surface area contributed by atoms with Crippen molar-refractivity contribution in [2.75, 3.05) is 13.2 Å². The average Bonchev–Trinajstić information content (AvgIpc) is 3.27. The van der Waals surface area contributed by atoms with Crippen molar-refractivity contribution in [1.82, 2.24) is 4.57 Å². The molecule has 0 fully saturated rings. The molecule has 0 N–H and O–H groups in total. The first kappa shape index (κ1) is 32.6. The van der Waals surface area contributed by atoms with Gasteiger partial charge in [-0.3, -0.25) is 9.36 Å². The summed E-state index contributed by atoms with van der Waals surface area (Å²) >= 11 is 22.2. The van der Waals surface area contributed by atoms with Crippen LogP contribution >= 0.6 is 68.7 Å². The number of hydrogen-bond acceptors (Lipinski definition) is 7. The Hall–Kier alpha value is -2.83. The molecule has 1 aromatic heterocycles. The minimum atomic E-state index is -0.745. The lowest BCUT2D eigenvalue weighted by atomic mass is 9.96. The number of halogens is 4. The van der Waals surface area contributed by atoms with Crippen molar-refractivity contribution in [2.24, 2.45) is 4.99 Å². The Labute approximate surface area is 286 Å². The van der Waals surface area contributed by atoms with Gasteiger partial charge in [0.15, 0.2) is 4.80 Å². The van der Waals surface area contributed by atoms with Crippen molar-refractivity contribution in [3.63, 3.8) is 0 Å². The second-order valence-corrected chi connectivity index (χ2v) is 13.1. The van der Waals surface area contributed by atoms with Crippen LogP contribution in [0.2, 0.25) is 15.1 Å². The zero-order valence-corrected chi connectivity index (χ0v) is 29.1. The molecular weight excluding hydrogens is 758 g/mol. The number of carbonyl (C=O) groups excluding carboxylic acids is 1. The monoisotopic (exact) mass is 782 g/mol. The third-order valence-electron chi connectivity index (χ3n) is 6.73. The van der Waals surface area contributed by atoms with Gasteiger partial charge in [-0.25, -0.2) is 9.79 Å². The average molecular weight is 784 g/mol. The molecule has 1 atom stereocenters. The molecule has 0 aliphatic carbocycles. The van der Waals surface area contributed by atoms with E-state index in [1.165, 1.54) is 15.9 Å². The molecule has 0 saturated heterocycles. The van der Waals surface area contributed by atoms with E-state index in [9.17, 15) is 9.59 Å². The number of aromatic nitrogens is 1. The predicted molar refractivity (Wildman–Crippen MR) is 183 cm³/mol. The molecule has 1 aliphatic rings. The van der Waals surface area contributed by atoms with Gasteiger partial charge in [-0.1, -0.05) is 64.3 Å². The molecule has 0 bridgehead atoms. The van der Waals surface area contributed by atoms with Crippen molar-refractivity contribution in [3.8, 4) is 11.5 Å². The first-order valence-corrected chi connectivity index (χ1v) is 16.6. The van der Waals surface area contributed by atoms with E-state index in [1.807, 2.05) is 31.2 Å². The summed E-state index contributed by atoms with van der Waals surface area (Å²) in [4.78, 5) is 32.4. The summed E-state index contributed by atoms with van der Waals surface area (Å²) in [6, 6.07) is 15.3. The van der Waals surface area contributed by atoms with Crippen LogP contribution < -0.4 is 24.4 Å². The fourth-order valence-corrected chi connectivity index (χ4v) is 7.50. The van der Waals surface area contributed by atoms with E-state index in [2.05, 4.69) is 27.6 Å². The first-order chi connectivity index (χ1) is 21.1. The number of fused-ring (bicyclic) bond motifs is 1. The van der Waals surface area contributed by atoms with Crippen molar-refractivity contribution < 1.29 is 19.0 Å². The number of esters is 1. The van der Waals surface area contributed by atoms with Crippen LogP contribution in [-0.4, -0.2) is 23.8 Å². The van der Waals surface area contributed by atoms with Crippen LogP contribution in [-0.2, 0) is 16.1 Å². The molecule has 7 nitrogen and oxygen atoms in total. The Kier molecular flexibility index (Phi) is 10.4. The van der Waals surface area contributed by atoms with Crippen LogP contribution in [0.25, 0.3) is 6.08 Å². The van der Waals surface area contributed by atoms with Crippen molar-refractivity contribution in [3.05, 3.63) is 121 Å². The third kappa shape index (κ3) is 6.87. The lowest BCUT2D eigenvalue weighted by Gasteiger charge is -2.24. The number of benzene rings is 3. The highest BCUT2D eigenvalue weighted by Crippen LogP contribution is 2.33. The Balaban J connectivity index is 1.63. The summed E-state index contributed by atoms with van der Waals surface area (Å²) in [6.07, 6.45) is 1.73. The minimum absolute atomic E-state index is 0.176. The zero-order chi connectivity index (χ0) is 31.5. The summed E-state index contributed by atoms with van der Waals surface area (Å²) < 4.78 is 19.9. The van der Waals surface area contributed by atoms with Gasteiger partial charge in [-0.05, 0) is 91.4 Å². The summed E-state index contributed by atoms with van der Waals surface area (Å²) in [5, 5.41) is 1.50. The molecule has 0 amide bonds. The molecule has 0 spiro atoms. The normalized spacial score (nSPS) is 14.7. The fraction of sp³-hybridized carbons (Fsp3) is 0.219. The number of hydrogen-bond donors (Lipinski definition) is 0. The highest BCUT2D eigenvalue weighted by Gasteiger charge is 2.33. The van der Waals surface area contributed by atoms with E-state index >= 15 is 0 Å². The quantitative estimate of drug-likeness (QED) is 0.131. The number of thiazole rings is 1. The molecule has 0 unspecified atom stereocenters. The summed E-state index contributed by atoms with van der Waals surface area (Å²) in [6.45, 7) is 6.27. The van der Waals surface area contributed by atoms with E-state index < -0.39 is 12.0 Å². The molecule has 1 aliphatic heterocycles. The standard InChI is InChI=1S/C32H26Cl3IN2O5S/c1-4-41-23-10-7-18(8-11-23)28-27(31(40)42-5-2)17(3)37-32-38(28)30(39)26(44-32)13-20-12-22(34)15-25(36)29(20)43-16-19-6-9-21(33)14-24(19)35/h6-15,28H,4-5,16H2,1-3H3/b26-13-/t28-/m1/s1. The van der Waals surface area contributed by atoms with Gasteiger partial charge in [0.05, 0.1) is 38.6 Å². The molecule has 12 heteroatoms. The molecule has 3 aromatic carbocycles. The van der Waals surface area contributed by atoms with Gasteiger partial charge in [0.2, 0.25) is 0 Å². The van der Waals surface area contributed by atoms with Gasteiger partial charge in [0.25, 0.3) is 5.56 Å². The summed E-state index contributed by atoms with van der Waals surface area (Å²) in [7, 11) is 0. The minimum Gasteiger partial charge on any atom is -0.494 e. The van der Waals surface area contributed by atoms with Crippen LogP contribution in [0.4, 0.5) is 0 Å². The highest BCUT2D eigenvalue weighted by atomic mass is 127. The van der Waals surface area contributed by atoms with Crippen LogP contribution in [0.1, 0.15) is 43.5 Å². The Morgan fingerprint density at radius 2 is 1.77 bits per heavy atom. The van der Waals surface area contributed by atoms with Crippen LogP contribution in [0.15, 0.2) is 75.7 Å². The number of nitrogens with zero attached hydrogens (tertiary/aromatic N) is 2. The maximum absolute atomic E-state index is 14.1. The number of rotatable bonds is 9. The van der Waals surface area contributed by atoms with E-state index in [1.54, 1.807) is 50.3 Å². The second kappa shape index (κ2) is 14.1. The first-order valence-electron chi connectivity index (χ1n) is 13.6. The van der Waals surface area contributed by atoms with Crippen LogP contribution in [0, 0.1) is 3.57 Å². The third-order valence-corrected chi connectivity index (χ3v) is 9.32. The molecule has 2 heterocycles. The molecule has 5 rings (SSSR count). The van der Waals surface area contributed by atoms with Gasteiger partial charge in [0.1, 0.15) is 18.1 Å². The maximum Gasteiger partial charge on any atom is 0.338 e. The van der Waals surface area contributed by atoms with Crippen molar-refractivity contribution in [2.45, 2.75) is 33.4 Å². The Morgan fingerprint density at radius 3 is 2.45 bits per heavy atom. The van der Waals surface area contributed by atoms with Crippen molar-refractivity contribution >= 4 is 80.8 Å². The lowest BCUT2D eigenvalue weighted by Crippen LogP contribution is -2.39.